The molecule has 0 radical (unpaired) electrons. The summed E-state index contributed by atoms with van der Waals surface area (Å²) < 4.78 is 11.4. The maximum Gasteiger partial charge on any atom is 0.269 e. The average molecular weight is 345 g/mol. The average Bonchev–Trinajstić information content (AvgIpc) is 3.02. The number of nitrogens with zero attached hydrogens (tertiary/aromatic N) is 2. The van der Waals surface area contributed by atoms with Gasteiger partial charge in [-0.3, -0.25) is 19.8 Å². The molecule has 1 aromatic heterocycles. The molecule has 1 aliphatic heterocycles. The smallest absolute Gasteiger partial charge is 0.269 e. The highest BCUT2D eigenvalue weighted by Crippen LogP contribution is 2.25. The molecule has 2 aromatic rings. The minimum absolute atomic E-state index is 0.0373. The summed E-state index contributed by atoms with van der Waals surface area (Å²) in [6.45, 7) is 3.53. The van der Waals surface area contributed by atoms with Crippen LogP contribution in [0.1, 0.15) is 12.7 Å². The molecule has 8 nitrogen and oxygen atoms in total. The van der Waals surface area contributed by atoms with Gasteiger partial charge in [-0.05, 0) is 31.2 Å². The van der Waals surface area contributed by atoms with Crippen molar-refractivity contribution in [3.8, 4) is 11.3 Å². The molecule has 2 heterocycles. The Balaban J connectivity index is 1.69. The largest absolute Gasteiger partial charge is 0.460 e. The lowest BCUT2D eigenvalue weighted by Gasteiger charge is -2.34. The Morgan fingerprint density at radius 3 is 2.64 bits per heavy atom. The van der Waals surface area contributed by atoms with Gasteiger partial charge >= 0.3 is 0 Å². The molecule has 0 saturated carbocycles. The fourth-order valence-electron chi connectivity index (χ4n) is 2.91. The summed E-state index contributed by atoms with van der Waals surface area (Å²) in [6, 6.07) is 9.88. The molecule has 0 spiro atoms. The minimum atomic E-state index is -0.618. The molecule has 1 aliphatic rings. The number of ether oxygens (including phenoxy) is 1. The highest BCUT2D eigenvalue weighted by molar-refractivity contribution is 5.79. The number of hydrogen-bond donors (Lipinski definition) is 1. The summed E-state index contributed by atoms with van der Waals surface area (Å²) in [6.07, 6.45) is -0.705. The van der Waals surface area contributed by atoms with E-state index in [0.29, 0.717) is 25.4 Å². The second-order valence-corrected chi connectivity index (χ2v) is 6.10. The molecule has 132 valence electrons. The number of nitro benzene ring substituents is 1. The first-order valence-electron chi connectivity index (χ1n) is 7.93. The highest BCUT2D eigenvalue weighted by atomic mass is 16.6. The molecule has 0 unspecified atom stereocenters. The third-order valence-corrected chi connectivity index (χ3v) is 4.06. The molecule has 8 heteroatoms. The van der Waals surface area contributed by atoms with Gasteiger partial charge in [0, 0.05) is 30.8 Å². The predicted octanol–water partition coefficient (Wildman–Crippen LogP) is 1.93. The first-order valence-corrected chi connectivity index (χ1v) is 7.93. The maximum absolute atomic E-state index is 11.4. The standard InChI is InChI=1S/C17H19N3O5/c1-11-8-19(10-16(24-11)17(18)21)9-14-6-7-15(25-14)12-2-4-13(5-3-12)20(22)23/h2-7,11,16H,8-10H2,1H3,(H2,18,21)/t11-,16+/m1/s1. The van der Waals surface area contributed by atoms with Gasteiger partial charge in [-0.25, -0.2) is 0 Å². The lowest BCUT2D eigenvalue weighted by atomic mass is 10.1. The Hall–Kier alpha value is -2.71. The number of benzene rings is 1. The Morgan fingerprint density at radius 1 is 1.28 bits per heavy atom. The van der Waals surface area contributed by atoms with Crippen molar-refractivity contribution in [2.24, 2.45) is 5.73 Å². The third-order valence-electron chi connectivity index (χ3n) is 4.06. The van der Waals surface area contributed by atoms with Crippen molar-refractivity contribution in [1.29, 1.82) is 0 Å². The number of non-ortho nitro benzene ring substituents is 1. The van der Waals surface area contributed by atoms with Gasteiger partial charge in [0.25, 0.3) is 5.69 Å². The molecule has 1 amide bonds. The molecular weight excluding hydrogens is 326 g/mol. The fraction of sp³-hybridized carbons (Fsp3) is 0.353. The second kappa shape index (κ2) is 7.04. The molecule has 1 saturated heterocycles. The highest BCUT2D eigenvalue weighted by Gasteiger charge is 2.29. The van der Waals surface area contributed by atoms with E-state index in [-0.39, 0.29) is 11.8 Å². The van der Waals surface area contributed by atoms with Crippen LogP contribution in [0.15, 0.2) is 40.8 Å². The van der Waals surface area contributed by atoms with Crippen LogP contribution in [0.5, 0.6) is 0 Å². The van der Waals surface area contributed by atoms with Crippen LogP contribution in [-0.4, -0.2) is 41.0 Å². The lowest BCUT2D eigenvalue weighted by Crippen LogP contribution is -2.51. The van der Waals surface area contributed by atoms with E-state index in [1.807, 2.05) is 19.1 Å². The predicted molar refractivity (Wildman–Crippen MR) is 89.6 cm³/mol. The fourth-order valence-corrected chi connectivity index (χ4v) is 2.91. The van der Waals surface area contributed by atoms with Gasteiger partial charge in [0.1, 0.15) is 17.6 Å². The molecule has 3 rings (SSSR count). The van der Waals surface area contributed by atoms with Crippen LogP contribution in [-0.2, 0) is 16.1 Å². The van der Waals surface area contributed by atoms with Crippen molar-refractivity contribution in [3.05, 3.63) is 52.3 Å². The van der Waals surface area contributed by atoms with Crippen LogP contribution in [0.2, 0.25) is 0 Å². The van der Waals surface area contributed by atoms with E-state index in [1.165, 1.54) is 12.1 Å². The molecule has 1 fully saturated rings. The Kier molecular flexibility index (Phi) is 4.82. The van der Waals surface area contributed by atoms with Crippen molar-refractivity contribution in [3.63, 3.8) is 0 Å². The summed E-state index contributed by atoms with van der Waals surface area (Å²) in [7, 11) is 0. The molecule has 1 aromatic carbocycles. The summed E-state index contributed by atoms with van der Waals surface area (Å²) in [4.78, 5) is 23.7. The zero-order valence-corrected chi connectivity index (χ0v) is 13.8. The van der Waals surface area contributed by atoms with Gasteiger partial charge in [-0.1, -0.05) is 0 Å². The number of hydrogen-bond acceptors (Lipinski definition) is 6. The number of carbonyl (C=O) groups excluding carboxylic acids is 1. The van der Waals surface area contributed by atoms with Crippen LogP contribution >= 0.6 is 0 Å². The number of nitrogens with two attached hydrogens (primary N) is 1. The number of rotatable bonds is 5. The van der Waals surface area contributed by atoms with Gasteiger partial charge < -0.3 is 14.9 Å². The Morgan fingerprint density at radius 2 is 2.00 bits per heavy atom. The number of nitro groups is 1. The van der Waals surface area contributed by atoms with Crippen LogP contribution in [0, 0.1) is 10.1 Å². The third kappa shape index (κ3) is 4.04. The van der Waals surface area contributed by atoms with Crippen molar-refractivity contribution in [2.45, 2.75) is 25.7 Å². The normalized spacial score (nSPS) is 21.2. The van der Waals surface area contributed by atoms with Crippen molar-refractivity contribution < 1.29 is 18.9 Å². The van der Waals surface area contributed by atoms with Crippen molar-refractivity contribution in [1.82, 2.24) is 4.90 Å². The molecule has 2 N–H and O–H groups in total. The number of furan rings is 1. The van der Waals surface area contributed by atoms with E-state index in [0.717, 1.165) is 11.3 Å². The molecular formula is C17H19N3O5. The number of primary amides is 1. The first kappa shape index (κ1) is 17.1. The minimum Gasteiger partial charge on any atom is -0.460 e. The van der Waals surface area contributed by atoms with E-state index >= 15 is 0 Å². The van der Waals surface area contributed by atoms with Gasteiger partial charge in [0.05, 0.1) is 17.6 Å². The van der Waals surface area contributed by atoms with Crippen LogP contribution in [0.25, 0.3) is 11.3 Å². The van der Waals surface area contributed by atoms with Crippen molar-refractivity contribution >= 4 is 11.6 Å². The molecule has 0 bridgehead atoms. The second-order valence-electron chi connectivity index (χ2n) is 6.10. The molecule has 0 aliphatic carbocycles. The SMILES string of the molecule is C[C@@H]1CN(Cc2ccc(-c3ccc([N+](=O)[O-])cc3)o2)C[C@@H](C(N)=O)O1. The first-order chi connectivity index (χ1) is 11.9. The quantitative estimate of drug-likeness (QED) is 0.654. The van der Waals surface area contributed by atoms with Crippen LogP contribution in [0.3, 0.4) is 0 Å². The van der Waals surface area contributed by atoms with E-state index < -0.39 is 16.9 Å². The summed E-state index contributed by atoms with van der Waals surface area (Å²) in [5.41, 5.74) is 6.14. The summed E-state index contributed by atoms with van der Waals surface area (Å²) >= 11 is 0. The van der Waals surface area contributed by atoms with E-state index in [9.17, 15) is 14.9 Å². The van der Waals surface area contributed by atoms with Gasteiger partial charge in [0.2, 0.25) is 5.91 Å². The zero-order valence-electron chi connectivity index (χ0n) is 13.8. The monoisotopic (exact) mass is 345 g/mol. The van der Waals surface area contributed by atoms with Crippen LogP contribution < -0.4 is 5.73 Å². The van der Waals surface area contributed by atoms with Crippen LogP contribution in [0.4, 0.5) is 5.69 Å². The van der Waals surface area contributed by atoms with E-state index in [1.54, 1.807) is 12.1 Å². The van der Waals surface area contributed by atoms with Gasteiger partial charge in [0.15, 0.2) is 0 Å². The Labute approximate surface area is 144 Å². The number of amides is 1. The number of carbonyl (C=O) groups is 1. The topological polar surface area (TPSA) is 112 Å². The Bertz CT molecular complexity index is 771. The maximum atomic E-state index is 11.4. The molecule has 2 atom stereocenters. The van der Waals surface area contributed by atoms with Crippen molar-refractivity contribution in [2.75, 3.05) is 13.1 Å². The molecule has 25 heavy (non-hydrogen) atoms. The zero-order chi connectivity index (χ0) is 18.0. The lowest BCUT2D eigenvalue weighted by molar-refractivity contribution is -0.384. The van der Waals surface area contributed by atoms with E-state index in [4.69, 9.17) is 14.9 Å². The summed E-state index contributed by atoms with van der Waals surface area (Å²) in [5.74, 6) is 0.908. The van der Waals surface area contributed by atoms with E-state index in [2.05, 4.69) is 4.90 Å². The van der Waals surface area contributed by atoms with Gasteiger partial charge in [-0.2, -0.15) is 0 Å². The summed E-state index contributed by atoms with van der Waals surface area (Å²) in [5, 5.41) is 10.7. The van der Waals surface area contributed by atoms with Gasteiger partial charge in [-0.15, -0.1) is 0 Å². The number of morpholine rings is 1.